The number of hydrogen-bond donors (Lipinski definition) is 1. The van der Waals surface area contributed by atoms with Gasteiger partial charge in [-0.2, -0.15) is 0 Å². The van der Waals surface area contributed by atoms with Crippen LogP contribution in [-0.4, -0.2) is 31.4 Å². The third-order valence-corrected chi connectivity index (χ3v) is 6.70. The fourth-order valence-electron chi connectivity index (χ4n) is 5.25. The van der Waals surface area contributed by atoms with Gasteiger partial charge in [-0.1, -0.05) is 42.5 Å². The Hall–Kier alpha value is -2.47. The number of piperidine rings is 1. The number of aliphatic hydroxyl groups is 1. The largest absolute Gasteiger partial charge is 0.389 e. The van der Waals surface area contributed by atoms with E-state index in [4.69, 9.17) is 9.47 Å². The molecule has 2 aliphatic heterocycles. The summed E-state index contributed by atoms with van der Waals surface area (Å²) in [4.78, 5) is 2.36. The number of fused-ring (bicyclic) bond motifs is 1. The zero-order chi connectivity index (χ0) is 21.4. The van der Waals surface area contributed by atoms with Crippen molar-refractivity contribution in [3.05, 3.63) is 77.6 Å². The maximum atomic E-state index is 13.5. The van der Waals surface area contributed by atoms with E-state index >= 15 is 0 Å². The molecule has 1 N–H and O–H groups in total. The second-order valence-electron chi connectivity index (χ2n) is 8.53. The van der Waals surface area contributed by atoms with Crippen molar-refractivity contribution in [1.29, 1.82) is 0 Å². The molecule has 0 saturated carbocycles. The Morgan fingerprint density at radius 3 is 2.32 bits per heavy atom. The van der Waals surface area contributed by atoms with Crippen LogP contribution in [0.15, 0.2) is 60.7 Å². The van der Waals surface area contributed by atoms with Crippen LogP contribution in [0.25, 0.3) is 10.8 Å². The Bertz CT molecular complexity index is 1050. The van der Waals surface area contributed by atoms with Gasteiger partial charge in [0.2, 0.25) is 0 Å². The summed E-state index contributed by atoms with van der Waals surface area (Å²) in [5.74, 6) is -0.864. The monoisotopic (exact) mass is 421 g/mol. The third-order valence-electron chi connectivity index (χ3n) is 6.70. The summed E-state index contributed by atoms with van der Waals surface area (Å²) in [6.45, 7) is 4.63. The van der Waals surface area contributed by atoms with Crippen LogP contribution in [0.4, 0.5) is 10.1 Å². The Morgan fingerprint density at radius 2 is 1.65 bits per heavy atom. The first-order valence-electron chi connectivity index (χ1n) is 11.1. The van der Waals surface area contributed by atoms with Gasteiger partial charge >= 0.3 is 0 Å². The molecule has 0 aromatic heterocycles. The zero-order valence-electron chi connectivity index (χ0n) is 17.8. The van der Waals surface area contributed by atoms with Crippen LogP contribution in [0.2, 0.25) is 0 Å². The first-order valence-corrected chi connectivity index (χ1v) is 11.1. The fraction of sp³-hybridized carbons (Fsp3) is 0.385. The number of halogens is 1. The van der Waals surface area contributed by atoms with Crippen LogP contribution in [0, 0.1) is 11.7 Å². The average Bonchev–Trinajstić information content (AvgIpc) is 3.30. The SMILES string of the molecule is C[C@H](O)c1c(N2CCC(C3(c4ccc(F)cc4)OCCO3)CC2)ccc2ccccc12. The van der Waals surface area contributed by atoms with Crippen molar-refractivity contribution in [2.24, 2.45) is 5.92 Å². The van der Waals surface area contributed by atoms with Gasteiger partial charge in [-0.15, -0.1) is 0 Å². The van der Waals surface area contributed by atoms with Crippen LogP contribution >= 0.6 is 0 Å². The predicted octanol–water partition coefficient (Wildman–Crippen LogP) is 5.15. The van der Waals surface area contributed by atoms with Gasteiger partial charge in [0.25, 0.3) is 0 Å². The van der Waals surface area contributed by atoms with Crippen LogP contribution in [0.1, 0.15) is 37.0 Å². The van der Waals surface area contributed by atoms with Gasteiger partial charge in [0.15, 0.2) is 5.79 Å². The third kappa shape index (κ3) is 3.61. The molecule has 0 aliphatic carbocycles. The Balaban J connectivity index is 1.41. The number of rotatable bonds is 4. The molecule has 2 aliphatic rings. The van der Waals surface area contributed by atoms with E-state index in [1.54, 1.807) is 12.1 Å². The lowest BCUT2D eigenvalue weighted by Gasteiger charge is -2.42. The molecular weight excluding hydrogens is 393 g/mol. The summed E-state index contributed by atoms with van der Waals surface area (Å²) in [6.07, 6.45) is 1.23. The minimum atomic E-state index is -0.795. The van der Waals surface area contributed by atoms with Crippen LogP contribution in [0.3, 0.4) is 0 Å². The molecule has 0 radical (unpaired) electrons. The van der Waals surface area contributed by atoms with Crippen molar-refractivity contribution in [2.75, 3.05) is 31.2 Å². The first kappa shape index (κ1) is 20.4. The van der Waals surface area contributed by atoms with E-state index in [0.717, 1.165) is 53.5 Å². The van der Waals surface area contributed by atoms with E-state index in [1.807, 2.05) is 19.1 Å². The number of anilines is 1. The molecule has 2 fully saturated rings. The highest BCUT2D eigenvalue weighted by Crippen LogP contribution is 2.45. The molecule has 31 heavy (non-hydrogen) atoms. The topological polar surface area (TPSA) is 41.9 Å². The smallest absolute Gasteiger partial charge is 0.197 e. The van der Waals surface area contributed by atoms with Crippen molar-refractivity contribution in [3.63, 3.8) is 0 Å². The molecule has 5 heteroatoms. The van der Waals surface area contributed by atoms with Crippen molar-refractivity contribution in [3.8, 4) is 0 Å². The van der Waals surface area contributed by atoms with E-state index in [9.17, 15) is 9.50 Å². The molecule has 3 aromatic carbocycles. The highest BCUT2D eigenvalue weighted by molar-refractivity contribution is 5.90. The standard InChI is InChI=1S/C26H28FNO3/c1-18(29)25-23-5-3-2-4-19(23)6-11-24(25)28-14-12-21(13-15-28)26(30-16-17-31-26)20-7-9-22(27)10-8-20/h2-11,18,21,29H,12-17H2,1H3/t18-/m0/s1. The summed E-state index contributed by atoms with van der Waals surface area (Å²) in [6, 6.07) is 19.0. The molecule has 0 bridgehead atoms. The summed E-state index contributed by atoms with van der Waals surface area (Å²) >= 11 is 0. The number of hydrogen-bond acceptors (Lipinski definition) is 4. The average molecular weight is 422 g/mol. The van der Waals surface area contributed by atoms with Crippen LogP contribution < -0.4 is 4.90 Å². The second kappa shape index (κ2) is 8.23. The molecule has 3 aromatic rings. The minimum Gasteiger partial charge on any atom is -0.389 e. The molecule has 4 nitrogen and oxygen atoms in total. The lowest BCUT2D eigenvalue weighted by Crippen LogP contribution is -2.44. The van der Waals surface area contributed by atoms with Gasteiger partial charge in [-0.3, -0.25) is 0 Å². The van der Waals surface area contributed by atoms with E-state index in [-0.39, 0.29) is 11.7 Å². The minimum absolute atomic E-state index is 0.187. The zero-order valence-corrected chi connectivity index (χ0v) is 17.8. The number of nitrogens with zero attached hydrogens (tertiary/aromatic N) is 1. The van der Waals surface area contributed by atoms with Crippen molar-refractivity contribution in [1.82, 2.24) is 0 Å². The second-order valence-corrected chi connectivity index (χ2v) is 8.53. The number of aliphatic hydroxyl groups excluding tert-OH is 1. The van der Waals surface area contributed by atoms with Crippen LogP contribution in [0.5, 0.6) is 0 Å². The van der Waals surface area contributed by atoms with Crippen molar-refractivity contribution < 1.29 is 19.0 Å². The van der Waals surface area contributed by atoms with E-state index < -0.39 is 11.9 Å². The van der Waals surface area contributed by atoms with E-state index in [1.165, 1.54) is 12.1 Å². The maximum Gasteiger partial charge on any atom is 0.197 e. The number of benzene rings is 3. The van der Waals surface area contributed by atoms with Gasteiger partial charge < -0.3 is 19.5 Å². The molecule has 2 heterocycles. The van der Waals surface area contributed by atoms with Gasteiger partial charge in [0, 0.05) is 35.8 Å². The maximum absolute atomic E-state index is 13.5. The molecule has 2 saturated heterocycles. The molecule has 0 spiro atoms. The molecular formula is C26H28FNO3. The summed E-state index contributed by atoms with van der Waals surface area (Å²) in [5.41, 5.74) is 2.97. The number of ether oxygens (including phenoxy) is 2. The van der Waals surface area contributed by atoms with Crippen molar-refractivity contribution in [2.45, 2.75) is 31.7 Å². The lowest BCUT2D eigenvalue weighted by atomic mass is 9.83. The quantitative estimate of drug-likeness (QED) is 0.633. The Kier molecular flexibility index (Phi) is 5.42. The molecule has 0 amide bonds. The summed E-state index contributed by atoms with van der Waals surface area (Å²) < 4.78 is 25.8. The molecule has 5 rings (SSSR count). The van der Waals surface area contributed by atoms with Gasteiger partial charge in [-0.05, 0) is 48.7 Å². The fourth-order valence-corrected chi connectivity index (χ4v) is 5.25. The highest BCUT2D eigenvalue weighted by atomic mass is 19.1. The Morgan fingerprint density at radius 1 is 0.968 bits per heavy atom. The summed E-state index contributed by atoms with van der Waals surface area (Å²) in [5, 5.41) is 12.8. The van der Waals surface area contributed by atoms with Gasteiger partial charge in [0.1, 0.15) is 5.82 Å². The van der Waals surface area contributed by atoms with Crippen molar-refractivity contribution >= 4 is 16.5 Å². The summed E-state index contributed by atoms with van der Waals surface area (Å²) in [7, 11) is 0. The Labute approximate surface area is 182 Å². The highest BCUT2D eigenvalue weighted by Gasteiger charge is 2.47. The van der Waals surface area contributed by atoms with E-state index in [2.05, 4.69) is 29.2 Å². The lowest BCUT2D eigenvalue weighted by molar-refractivity contribution is -0.209. The normalized spacial score (nSPS) is 20.3. The van der Waals surface area contributed by atoms with Gasteiger partial charge in [-0.25, -0.2) is 4.39 Å². The van der Waals surface area contributed by atoms with Crippen LogP contribution in [-0.2, 0) is 15.3 Å². The molecule has 1 atom stereocenters. The molecule has 162 valence electrons. The molecule has 0 unspecified atom stereocenters. The predicted molar refractivity (Wildman–Crippen MR) is 120 cm³/mol. The van der Waals surface area contributed by atoms with E-state index in [0.29, 0.717) is 13.2 Å². The van der Waals surface area contributed by atoms with Gasteiger partial charge in [0.05, 0.1) is 19.3 Å². The first-order chi connectivity index (χ1) is 15.1.